The zero-order valence-electron chi connectivity index (χ0n) is 26.5. The largest absolute Gasteiger partial charge is 0.469 e. The molecule has 7 nitrogen and oxygen atoms in total. The van der Waals surface area contributed by atoms with E-state index in [1.807, 2.05) is 0 Å². The molecule has 3 aliphatic rings. The van der Waals surface area contributed by atoms with E-state index in [1.165, 1.54) is 12.7 Å². The maximum atomic E-state index is 11.4. The Balaban J connectivity index is 1.73. The first-order valence-corrected chi connectivity index (χ1v) is 16.3. The van der Waals surface area contributed by atoms with Crippen LogP contribution in [0.25, 0.3) is 0 Å². The van der Waals surface area contributed by atoms with E-state index in [2.05, 4.69) is 45.9 Å². The van der Waals surface area contributed by atoms with Crippen molar-refractivity contribution in [1.29, 1.82) is 0 Å². The summed E-state index contributed by atoms with van der Waals surface area (Å²) in [5.74, 6) is 0.0606. The molecule has 1 N–H and O–H groups in total. The number of esters is 1. The van der Waals surface area contributed by atoms with Gasteiger partial charge in [0.2, 0.25) is 0 Å². The highest BCUT2D eigenvalue weighted by Crippen LogP contribution is 2.41. The van der Waals surface area contributed by atoms with Crippen molar-refractivity contribution in [2.45, 2.75) is 148 Å². The number of carbonyl (C=O) groups is 1. The monoisotopic (exact) mass is 578 g/mol. The van der Waals surface area contributed by atoms with Crippen LogP contribution in [0.1, 0.15) is 118 Å². The van der Waals surface area contributed by atoms with Gasteiger partial charge in [0.25, 0.3) is 0 Å². The van der Waals surface area contributed by atoms with Crippen molar-refractivity contribution in [3.8, 4) is 0 Å². The number of hydrogen-bond donors (Lipinski definition) is 1. The Morgan fingerprint density at radius 1 is 1.00 bits per heavy atom. The van der Waals surface area contributed by atoms with Crippen LogP contribution in [0.3, 0.4) is 0 Å². The first-order chi connectivity index (χ1) is 19.7. The van der Waals surface area contributed by atoms with Crippen LogP contribution in [0.15, 0.2) is 23.8 Å². The molecule has 0 aromatic carbocycles. The molecule has 0 radical (unpaired) electrons. The molecule has 7 atom stereocenters. The fourth-order valence-corrected chi connectivity index (χ4v) is 6.30. The summed E-state index contributed by atoms with van der Waals surface area (Å²) < 4.78 is 29.9. The maximum Gasteiger partial charge on any atom is 0.305 e. The minimum absolute atomic E-state index is 0.0823. The lowest BCUT2D eigenvalue weighted by Gasteiger charge is -2.36. The van der Waals surface area contributed by atoms with E-state index in [0.29, 0.717) is 12.8 Å². The predicted molar refractivity (Wildman–Crippen MR) is 161 cm³/mol. The second-order valence-corrected chi connectivity index (χ2v) is 13.3. The van der Waals surface area contributed by atoms with Crippen LogP contribution in [0.4, 0.5) is 0 Å². The van der Waals surface area contributed by atoms with Crippen LogP contribution < -0.4 is 0 Å². The Kier molecular flexibility index (Phi) is 14.8. The van der Waals surface area contributed by atoms with Crippen LogP contribution >= 0.6 is 0 Å². The minimum atomic E-state index is -0.409. The summed E-state index contributed by atoms with van der Waals surface area (Å²) in [6.45, 7) is 10.3. The third-order valence-electron chi connectivity index (χ3n) is 9.00. The molecule has 2 heterocycles. The predicted octanol–water partition coefficient (Wildman–Crippen LogP) is 7.26. The molecule has 7 heteroatoms. The number of hydrogen-bond acceptors (Lipinski definition) is 7. The van der Waals surface area contributed by atoms with Gasteiger partial charge in [-0.05, 0) is 83.0 Å². The van der Waals surface area contributed by atoms with Crippen LogP contribution in [0, 0.1) is 17.3 Å². The smallest absolute Gasteiger partial charge is 0.305 e. The van der Waals surface area contributed by atoms with Crippen LogP contribution in [0.5, 0.6) is 0 Å². The quantitative estimate of drug-likeness (QED) is 0.117. The number of rotatable bonds is 16. The van der Waals surface area contributed by atoms with Crippen molar-refractivity contribution in [1.82, 2.24) is 0 Å². The number of carbonyl (C=O) groups excluding carboxylic acids is 1. The lowest BCUT2D eigenvalue weighted by molar-refractivity contribution is -0.197. The van der Waals surface area contributed by atoms with Crippen LogP contribution in [-0.2, 0) is 28.5 Å². The van der Waals surface area contributed by atoms with Gasteiger partial charge in [-0.2, -0.15) is 0 Å². The van der Waals surface area contributed by atoms with Crippen molar-refractivity contribution in [3.63, 3.8) is 0 Å². The molecule has 2 saturated heterocycles. The number of aliphatic hydroxyl groups excluding tert-OH is 1. The van der Waals surface area contributed by atoms with Gasteiger partial charge >= 0.3 is 5.97 Å². The number of unbranched alkanes of at least 4 members (excludes halogenated alkanes) is 3. The molecule has 236 valence electrons. The van der Waals surface area contributed by atoms with E-state index in [4.69, 9.17) is 23.7 Å². The number of ether oxygens (including phenoxy) is 5. The molecule has 3 rings (SSSR count). The average molecular weight is 579 g/mol. The molecule has 0 bridgehead atoms. The van der Waals surface area contributed by atoms with Gasteiger partial charge in [-0.3, -0.25) is 4.79 Å². The highest BCUT2D eigenvalue weighted by atomic mass is 16.7. The van der Waals surface area contributed by atoms with E-state index >= 15 is 0 Å². The number of allylic oxidation sites excluding steroid dienone is 2. The minimum Gasteiger partial charge on any atom is -0.469 e. The molecule has 3 fully saturated rings. The first kappa shape index (κ1) is 34.2. The molecule has 0 aromatic rings. The molecule has 0 amide bonds. The Morgan fingerprint density at radius 3 is 2.32 bits per heavy atom. The van der Waals surface area contributed by atoms with Crippen LogP contribution in [0.2, 0.25) is 0 Å². The zero-order valence-corrected chi connectivity index (χ0v) is 26.5. The van der Waals surface area contributed by atoms with Crippen molar-refractivity contribution in [3.05, 3.63) is 23.8 Å². The third-order valence-corrected chi connectivity index (χ3v) is 9.00. The zero-order chi connectivity index (χ0) is 29.7. The number of methoxy groups -OCH3 is 1. The second-order valence-electron chi connectivity index (χ2n) is 13.3. The van der Waals surface area contributed by atoms with Gasteiger partial charge in [-0.15, -0.1) is 0 Å². The molecule has 0 spiro atoms. The highest BCUT2D eigenvalue weighted by Gasteiger charge is 2.43. The van der Waals surface area contributed by atoms with Gasteiger partial charge < -0.3 is 28.8 Å². The van der Waals surface area contributed by atoms with Gasteiger partial charge in [0, 0.05) is 32.0 Å². The van der Waals surface area contributed by atoms with Gasteiger partial charge in [0.15, 0.2) is 12.6 Å². The Morgan fingerprint density at radius 2 is 1.68 bits per heavy atom. The van der Waals surface area contributed by atoms with Crippen molar-refractivity contribution >= 4 is 5.97 Å². The highest BCUT2D eigenvalue weighted by molar-refractivity contribution is 5.68. The molecule has 41 heavy (non-hydrogen) atoms. The Bertz CT molecular complexity index is 806. The molecule has 2 unspecified atom stereocenters. The first-order valence-electron chi connectivity index (χ1n) is 16.3. The third kappa shape index (κ3) is 11.7. The van der Waals surface area contributed by atoms with Crippen LogP contribution in [-0.4, -0.2) is 62.3 Å². The molecule has 1 saturated carbocycles. The second kappa shape index (κ2) is 17.8. The fourth-order valence-electron chi connectivity index (χ4n) is 6.30. The van der Waals surface area contributed by atoms with Crippen molar-refractivity contribution < 1.29 is 33.6 Å². The van der Waals surface area contributed by atoms with Crippen molar-refractivity contribution in [2.24, 2.45) is 17.3 Å². The number of aliphatic hydroxyl groups is 1. The summed E-state index contributed by atoms with van der Waals surface area (Å²) in [4.78, 5) is 11.4. The summed E-state index contributed by atoms with van der Waals surface area (Å²) in [5.41, 5.74) is 1.19. The molecule has 2 aliphatic heterocycles. The maximum absolute atomic E-state index is 11.4. The van der Waals surface area contributed by atoms with E-state index < -0.39 is 6.10 Å². The van der Waals surface area contributed by atoms with E-state index in [0.717, 1.165) is 90.3 Å². The summed E-state index contributed by atoms with van der Waals surface area (Å²) in [6, 6.07) is 0. The molecular weight excluding hydrogens is 520 g/mol. The summed E-state index contributed by atoms with van der Waals surface area (Å²) in [7, 11) is 1.44. The van der Waals surface area contributed by atoms with Gasteiger partial charge in [0.05, 0.1) is 25.4 Å². The van der Waals surface area contributed by atoms with E-state index in [1.54, 1.807) is 0 Å². The van der Waals surface area contributed by atoms with Gasteiger partial charge in [0.1, 0.15) is 0 Å². The topological polar surface area (TPSA) is 83.5 Å². The lowest BCUT2D eigenvalue weighted by atomic mass is 9.80. The summed E-state index contributed by atoms with van der Waals surface area (Å²) >= 11 is 0. The van der Waals surface area contributed by atoms with E-state index in [9.17, 15) is 9.90 Å². The average Bonchev–Trinajstić information content (AvgIpc) is 3.25. The normalized spacial score (nSPS) is 29.9. The molecule has 0 aromatic heterocycles. The summed E-state index contributed by atoms with van der Waals surface area (Å²) in [5, 5.41) is 11.2. The van der Waals surface area contributed by atoms with Gasteiger partial charge in [-0.1, -0.05) is 56.9 Å². The SMILES string of the molecule is COC(=O)CCCCCC[C@@H]1[C@@H](C=C[C@@H](OC2CCCCO2)C(C)(C)CC=C(C)C)[C@H](OC2CCCCO2)C[C@@H]1O. The van der Waals surface area contributed by atoms with E-state index in [-0.39, 0.29) is 48.0 Å². The molecular formula is C34H58O7. The van der Waals surface area contributed by atoms with Gasteiger partial charge in [-0.25, -0.2) is 0 Å². The van der Waals surface area contributed by atoms with Crippen molar-refractivity contribution in [2.75, 3.05) is 20.3 Å². The standard InChI is InChI=1S/C34H58O7/c1-25(2)20-21-34(3,4)30(41-33-17-11-13-23-39-33)19-18-27-26(14-8-6-7-9-15-31(36)37-5)28(35)24-29(27)40-32-16-10-12-22-38-32/h18-20,26-30,32-33,35H,6-17,21-24H2,1-5H3/t26-,27-,28+,29-,30-,32?,33?/m1/s1. The summed E-state index contributed by atoms with van der Waals surface area (Å²) in [6.07, 6.45) is 18.9. The molecule has 1 aliphatic carbocycles. The Hall–Kier alpha value is -1.25. The lowest BCUT2D eigenvalue weighted by Crippen LogP contribution is -2.36. The fraction of sp³-hybridized carbons (Fsp3) is 0.853. The Labute approximate surface area is 249 Å².